The summed E-state index contributed by atoms with van der Waals surface area (Å²) >= 11 is 0. The molecule has 0 amide bonds. The number of rotatable bonds is 2. The summed E-state index contributed by atoms with van der Waals surface area (Å²) in [5, 5.41) is 9.90. The lowest BCUT2D eigenvalue weighted by Crippen LogP contribution is -2.04. The Kier molecular flexibility index (Phi) is 3.16. The lowest BCUT2D eigenvalue weighted by molar-refractivity contribution is -0.137. The molecule has 0 radical (unpaired) electrons. The number of fused-ring (bicyclic) bond motifs is 1. The molecule has 3 rings (SSSR count). The molecule has 0 saturated heterocycles. The van der Waals surface area contributed by atoms with Crippen molar-refractivity contribution in [2.45, 2.75) is 12.6 Å². The lowest BCUT2D eigenvalue weighted by atomic mass is 10.0. The van der Waals surface area contributed by atoms with Crippen LogP contribution in [0.3, 0.4) is 0 Å². The quantitative estimate of drug-likeness (QED) is 0.917. The summed E-state index contributed by atoms with van der Waals surface area (Å²) in [7, 11) is 0. The van der Waals surface area contributed by atoms with E-state index in [4.69, 9.17) is 9.47 Å². The van der Waals surface area contributed by atoms with E-state index < -0.39 is 11.7 Å². The normalized spacial score (nSPS) is 13.5. The summed E-state index contributed by atoms with van der Waals surface area (Å²) in [6.45, 7) is 0.0957. The minimum absolute atomic E-state index is 0.0270. The number of ether oxygens (including phenoxy) is 2. The Bertz CT molecular complexity index is 663. The Morgan fingerprint density at radius 3 is 2.24 bits per heavy atom. The van der Waals surface area contributed by atoms with Crippen LogP contribution < -0.4 is 9.47 Å². The molecule has 0 unspecified atom stereocenters. The second kappa shape index (κ2) is 4.87. The Morgan fingerprint density at radius 2 is 1.62 bits per heavy atom. The zero-order valence-corrected chi connectivity index (χ0v) is 10.8. The fourth-order valence-corrected chi connectivity index (χ4v) is 2.15. The van der Waals surface area contributed by atoms with Crippen LogP contribution in [0.4, 0.5) is 13.2 Å². The summed E-state index contributed by atoms with van der Waals surface area (Å²) in [6.07, 6.45) is -4.04. The number of phenols is 1. The van der Waals surface area contributed by atoms with Gasteiger partial charge in [-0.2, -0.15) is 13.2 Å². The van der Waals surface area contributed by atoms with Crippen molar-refractivity contribution in [1.82, 2.24) is 0 Å². The van der Waals surface area contributed by atoms with Crippen LogP contribution in [0.5, 0.6) is 17.2 Å². The van der Waals surface area contributed by atoms with Crippen LogP contribution in [-0.2, 0) is 12.6 Å². The number of benzene rings is 2. The van der Waals surface area contributed by atoms with Gasteiger partial charge < -0.3 is 14.6 Å². The average molecular weight is 296 g/mol. The van der Waals surface area contributed by atoms with Crippen LogP contribution in [0.1, 0.15) is 16.7 Å². The first kappa shape index (κ1) is 13.6. The third-order valence-electron chi connectivity index (χ3n) is 3.25. The third-order valence-corrected chi connectivity index (χ3v) is 3.25. The maximum absolute atomic E-state index is 12.5. The van der Waals surface area contributed by atoms with Crippen molar-refractivity contribution in [2.75, 3.05) is 6.79 Å². The summed E-state index contributed by atoms with van der Waals surface area (Å²) in [5.74, 6) is 1.01. The highest BCUT2D eigenvalue weighted by Gasteiger charge is 2.30. The van der Waals surface area contributed by atoms with Gasteiger partial charge in [0.25, 0.3) is 0 Å². The van der Waals surface area contributed by atoms with Crippen LogP contribution in [0, 0.1) is 0 Å². The highest BCUT2D eigenvalue weighted by Crippen LogP contribution is 2.38. The molecule has 3 nitrogen and oxygen atoms in total. The molecule has 0 bridgehead atoms. The van der Waals surface area contributed by atoms with Crippen molar-refractivity contribution in [3.63, 3.8) is 0 Å². The number of aromatic hydroxyl groups is 1. The second-order valence-corrected chi connectivity index (χ2v) is 4.71. The van der Waals surface area contributed by atoms with Crippen LogP contribution in [0.2, 0.25) is 0 Å². The van der Waals surface area contributed by atoms with Crippen LogP contribution in [0.15, 0.2) is 36.4 Å². The smallest absolute Gasteiger partial charge is 0.416 e. The molecular weight excluding hydrogens is 285 g/mol. The van der Waals surface area contributed by atoms with Gasteiger partial charge in [0.1, 0.15) is 5.75 Å². The van der Waals surface area contributed by atoms with E-state index in [1.54, 1.807) is 6.07 Å². The summed E-state index contributed by atoms with van der Waals surface area (Å²) < 4.78 is 47.8. The maximum atomic E-state index is 12.5. The molecule has 0 aromatic heterocycles. The molecule has 110 valence electrons. The van der Waals surface area contributed by atoms with E-state index in [2.05, 4.69) is 0 Å². The number of hydrogen-bond acceptors (Lipinski definition) is 3. The van der Waals surface area contributed by atoms with Gasteiger partial charge in [-0.15, -0.1) is 0 Å². The van der Waals surface area contributed by atoms with Crippen molar-refractivity contribution >= 4 is 0 Å². The van der Waals surface area contributed by atoms with Gasteiger partial charge in [-0.3, -0.25) is 0 Å². The van der Waals surface area contributed by atoms with Crippen molar-refractivity contribution in [2.24, 2.45) is 0 Å². The van der Waals surface area contributed by atoms with Crippen molar-refractivity contribution in [3.05, 3.63) is 53.1 Å². The van der Waals surface area contributed by atoms with Gasteiger partial charge in [0.15, 0.2) is 11.5 Å². The monoisotopic (exact) mass is 296 g/mol. The van der Waals surface area contributed by atoms with Crippen molar-refractivity contribution < 1.29 is 27.8 Å². The molecule has 6 heteroatoms. The van der Waals surface area contributed by atoms with E-state index in [1.165, 1.54) is 18.2 Å². The van der Waals surface area contributed by atoms with Gasteiger partial charge in [0.2, 0.25) is 6.79 Å². The molecular formula is C15H11F3O3. The molecule has 2 aromatic carbocycles. The van der Waals surface area contributed by atoms with E-state index in [0.717, 1.165) is 12.1 Å². The van der Waals surface area contributed by atoms with E-state index in [0.29, 0.717) is 29.0 Å². The van der Waals surface area contributed by atoms with Gasteiger partial charge in [0, 0.05) is 18.1 Å². The predicted molar refractivity (Wildman–Crippen MR) is 68.5 cm³/mol. The molecule has 1 aliphatic rings. The second-order valence-electron chi connectivity index (χ2n) is 4.71. The maximum Gasteiger partial charge on any atom is 0.416 e. The molecule has 0 atom stereocenters. The Hall–Kier alpha value is -2.37. The molecule has 0 fully saturated rings. The molecule has 1 heterocycles. The first-order valence-corrected chi connectivity index (χ1v) is 6.21. The molecule has 2 aromatic rings. The number of phenolic OH excluding ortho intramolecular Hbond substituents is 1. The van der Waals surface area contributed by atoms with Gasteiger partial charge in [0.05, 0.1) is 5.56 Å². The molecule has 0 saturated carbocycles. The highest BCUT2D eigenvalue weighted by atomic mass is 19.4. The van der Waals surface area contributed by atoms with Crippen LogP contribution in [-0.4, -0.2) is 11.9 Å². The fraction of sp³-hybridized carbons (Fsp3) is 0.200. The number of halogens is 3. The van der Waals surface area contributed by atoms with Crippen molar-refractivity contribution in [1.29, 1.82) is 0 Å². The van der Waals surface area contributed by atoms with Gasteiger partial charge in [-0.25, -0.2) is 0 Å². The molecule has 0 spiro atoms. The predicted octanol–water partition coefficient (Wildman–Crippen LogP) is 3.73. The topological polar surface area (TPSA) is 38.7 Å². The molecule has 0 aliphatic carbocycles. The SMILES string of the molecule is Oc1cc2c(cc1Cc1ccc(C(F)(F)F)cc1)OCO2. The lowest BCUT2D eigenvalue weighted by Gasteiger charge is -2.09. The highest BCUT2D eigenvalue weighted by molar-refractivity contribution is 5.52. The van der Waals surface area contributed by atoms with Gasteiger partial charge in [-0.1, -0.05) is 12.1 Å². The first-order chi connectivity index (χ1) is 9.93. The zero-order valence-electron chi connectivity index (χ0n) is 10.8. The Balaban J connectivity index is 1.84. The Morgan fingerprint density at radius 1 is 1.00 bits per heavy atom. The van der Waals surface area contributed by atoms with E-state index >= 15 is 0 Å². The first-order valence-electron chi connectivity index (χ1n) is 6.21. The summed E-state index contributed by atoms with van der Waals surface area (Å²) in [5.41, 5.74) is 0.539. The standard InChI is InChI=1S/C15H11F3O3/c16-15(17,18)11-3-1-9(2-4-11)5-10-6-13-14(7-12(10)19)21-8-20-13/h1-4,6-7,19H,5,8H2. The summed E-state index contributed by atoms with van der Waals surface area (Å²) in [4.78, 5) is 0. The van der Waals surface area contributed by atoms with Gasteiger partial charge in [-0.05, 0) is 23.8 Å². The fourth-order valence-electron chi connectivity index (χ4n) is 2.15. The molecule has 1 aliphatic heterocycles. The Labute approximate surface area is 118 Å². The largest absolute Gasteiger partial charge is 0.508 e. The van der Waals surface area contributed by atoms with E-state index in [1.807, 2.05) is 0 Å². The van der Waals surface area contributed by atoms with Crippen molar-refractivity contribution in [3.8, 4) is 17.2 Å². The third kappa shape index (κ3) is 2.74. The molecule has 1 N–H and O–H groups in total. The molecule has 21 heavy (non-hydrogen) atoms. The minimum Gasteiger partial charge on any atom is -0.508 e. The zero-order chi connectivity index (χ0) is 15.0. The van der Waals surface area contributed by atoms with Gasteiger partial charge >= 0.3 is 6.18 Å². The van der Waals surface area contributed by atoms with E-state index in [-0.39, 0.29) is 12.5 Å². The van der Waals surface area contributed by atoms with Crippen LogP contribution in [0.25, 0.3) is 0 Å². The average Bonchev–Trinajstić information content (AvgIpc) is 2.86. The van der Waals surface area contributed by atoms with Crippen LogP contribution >= 0.6 is 0 Å². The summed E-state index contributed by atoms with van der Waals surface area (Å²) in [6, 6.07) is 7.93. The minimum atomic E-state index is -4.35. The number of hydrogen-bond donors (Lipinski definition) is 1. The number of alkyl halides is 3. The van der Waals surface area contributed by atoms with E-state index in [9.17, 15) is 18.3 Å².